The number of carbonyl (C=O) groups is 1. The first-order chi connectivity index (χ1) is 5.83. The van der Waals surface area contributed by atoms with Crippen LogP contribution in [0.4, 0.5) is 0 Å². The molecule has 0 aromatic rings. The van der Waals surface area contributed by atoms with Crippen LogP contribution in [0.15, 0.2) is 0 Å². The normalized spacial score (nSPS) is 45.8. The second-order valence-corrected chi connectivity index (χ2v) is 5.16. The van der Waals surface area contributed by atoms with Gasteiger partial charge in [-0.05, 0) is 25.2 Å². The zero-order valence-electron chi connectivity index (χ0n) is 8.52. The zero-order chi connectivity index (χ0) is 9.91. The Hall–Kier alpha value is -0.570. The maximum atomic E-state index is 10.9. The Bertz CT molecular complexity index is 270. The highest BCUT2D eigenvalue weighted by atomic mass is 16.6. The molecule has 2 unspecified atom stereocenters. The lowest BCUT2D eigenvalue weighted by molar-refractivity contribution is -0.119. The molecule has 0 spiro atoms. The highest BCUT2D eigenvalue weighted by Gasteiger charge is 2.76. The summed E-state index contributed by atoms with van der Waals surface area (Å²) in [5.74, 6) is -0.249. The summed E-state index contributed by atoms with van der Waals surface area (Å²) in [6.45, 7) is 6.49. The topological polar surface area (TPSA) is 55.6 Å². The monoisotopic (exact) mass is 183 g/mol. The molecule has 1 aliphatic carbocycles. The van der Waals surface area contributed by atoms with Crippen molar-refractivity contribution in [3.63, 3.8) is 0 Å². The maximum Gasteiger partial charge on any atom is 0.220 e. The quantitative estimate of drug-likeness (QED) is 0.654. The highest BCUT2D eigenvalue weighted by molar-refractivity contribution is 5.76. The summed E-state index contributed by atoms with van der Waals surface area (Å²) in [5.41, 5.74) is 5.06. The fourth-order valence-electron chi connectivity index (χ4n) is 2.74. The lowest BCUT2D eigenvalue weighted by Crippen LogP contribution is -2.31. The smallest absolute Gasteiger partial charge is 0.220 e. The Balaban J connectivity index is 2.20. The number of hydrogen-bond acceptors (Lipinski definition) is 2. The molecule has 1 amide bonds. The van der Waals surface area contributed by atoms with E-state index >= 15 is 0 Å². The number of epoxide rings is 1. The van der Waals surface area contributed by atoms with Crippen molar-refractivity contribution >= 4 is 5.91 Å². The van der Waals surface area contributed by atoms with Gasteiger partial charge in [0.1, 0.15) is 11.2 Å². The Morgan fingerprint density at radius 3 is 2.31 bits per heavy atom. The summed E-state index contributed by atoms with van der Waals surface area (Å²) in [4.78, 5) is 10.9. The van der Waals surface area contributed by atoms with Crippen molar-refractivity contribution in [1.29, 1.82) is 0 Å². The van der Waals surface area contributed by atoms with Gasteiger partial charge in [0.25, 0.3) is 0 Å². The van der Waals surface area contributed by atoms with E-state index in [1.807, 2.05) is 0 Å². The molecular formula is C10H17NO2. The van der Waals surface area contributed by atoms with Crippen LogP contribution in [-0.4, -0.2) is 17.1 Å². The predicted octanol–water partition coefficient (Wildman–Crippen LogP) is 1.21. The van der Waals surface area contributed by atoms with Crippen LogP contribution in [0.25, 0.3) is 0 Å². The van der Waals surface area contributed by atoms with Gasteiger partial charge in [0.15, 0.2) is 0 Å². The van der Waals surface area contributed by atoms with E-state index in [1.165, 1.54) is 0 Å². The van der Waals surface area contributed by atoms with Gasteiger partial charge >= 0.3 is 0 Å². The molecule has 2 aliphatic rings. The van der Waals surface area contributed by atoms with Gasteiger partial charge in [-0.3, -0.25) is 4.79 Å². The van der Waals surface area contributed by atoms with Gasteiger partial charge in [-0.15, -0.1) is 0 Å². The number of nitrogens with two attached hydrogens (primary N) is 1. The molecule has 0 aromatic carbocycles. The van der Waals surface area contributed by atoms with E-state index in [2.05, 4.69) is 20.8 Å². The Kier molecular flexibility index (Phi) is 1.44. The number of fused-ring (bicyclic) bond motifs is 1. The van der Waals surface area contributed by atoms with Crippen LogP contribution < -0.4 is 5.73 Å². The van der Waals surface area contributed by atoms with E-state index in [-0.39, 0.29) is 22.5 Å². The molecule has 2 N–H and O–H groups in total. The second-order valence-electron chi connectivity index (χ2n) is 5.16. The molecule has 0 bridgehead atoms. The van der Waals surface area contributed by atoms with Gasteiger partial charge in [-0.2, -0.15) is 0 Å². The Labute approximate surface area is 78.6 Å². The number of amides is 1. The molecule has 1 saturated carbocycles. The number of hydrogen-bond donors (Lipinski definition) is 1. The summed E-state index contributed by atoms with van der Waals surface area (Å²) in [5, 5.41) is 0. The first kappa shape index (κ1) is 9.00. The molecule has 2 fully saturated rings. The van der Waals surface area contributed by atoms with Gasteiger partial charge in [-0.1, -0.05) is 13.8 Å². The average molecular weight is 183 g/mol. The van der Waals surface area contributed by atoms with Crippen molar-refractivity contribution in [3.05, 3.63) is 0 Å². The molecule has 74 valence electrons. The minimum atomic E-state index is -0.249. The molecule has 2 atom stereocenters. The van der Waals surface area contributed by atoms with Gasteiger partial charge in [0.2, 0.25) is 5.91 Å². The third-order valence-electron chi connectivity index (χ3n) is 4.13. The van der Waals surface area contributed by atoms with E-state index < -0.39 is 0 Å². The minimum Gasteiger partial charge on any atom is -0.370 e. The first-order valence-corrected chi connectivity index (χ1v) is 4.82. The minimum absolute atomic E-state index is 0.116. The standard InChI is InChI=1S/C10H17NO2/c1-8(2)4-5-10(6-7(11)12)9(8,3)13-10/h4-6H2,1-3H3,(H2,11,12). The van der Waals surface area contributed by atoms with Crippen molar-refractivity contribution < 1.29 is 9.53 Å². The third-order valence-corrected chi connectivity index (χ3v) is 4.13. The molecule has 13 heavy (non-hydrogen) atoms. The molecule has 1 saturated heterocycles. The highest BCUT2D eigenvalue weighted by Crippen LogP contribution is 2.69. The van der Waals surface area contributed by atoms with Crippen LogP contribution in [0.1, 0.15) is 40.0 Å². The van der Waals surface area contributed by atoms with Crippen molar-refractivity contribution in [2.45, 2.75) is 51.2 Å². The van der Waals surface area contributed by atoms with Crippen molar-refractivity contribution in [2.24, 2.45) is 11.1 Å². The molecule has 1 aliphatic heterocycles. The first-order valence-electron chi connectivity index (χ1n) is 4.82. The molecule has 1 heterocycles. The van der Waals surface area contributed by atoms with Gasteiger partial charge in [0, 0.05) is 0 Å². The Morgan fingerprint density at radius 2 is 2.00 bits per heavy atom. The number of carbonyl (C=O) groups excluding carboxylic acids is 1. The number of ether oxygens (including phenoxy) is 1. The van der Waals surface area contributed by atoms with Crippen molar-refractivity contribution in [3.8, 4) is 0 Å². The maximum absolute atomic E-state index is 10.9. The van der Waals surface area contributed by atoms with Crippen LogP contribution in [0, 0.1) is 5.41 Å². The third kappa shape index (κ3) is 0.909. The lowest BCUT2D eigenvalue weighted by Gasteiger charge is -2.24. The van der Waals surface area contributed by atoms with Gasteiger partial charge in [-0.25, -0.2) is 0 Å². The summed E-state index contributed by atoms with van der Waals surface area (Å²) < 4.78 is 5.75. The SMILES string of the molecule is CC1(C)CCC2(CC(N)=O)OC12C. The number of primary amides is 1. The van der Waals surface area contributed by atoms with Crippen molar-refractivity contribution in [1.82, 2.24) is 0 Å². The molecule has 3 heteroatoms. The van der Waals surface area contributed by atoms with E-state index in [1.54, 1.807) is 0 Å². The van der Waals surface area contributed by atoms with E-state index in [0.717, 1.165) is 12.8 Å². The largest absolute Gasteiger partial charge is 0.370 e. The Morgan fingerprint density at radius 1 is 1.38 bits per heavy atom. The molecular weight excluding hydrogens is 166 g/mol. The van der Waals surface area contributed by atoms with Crippen LogP contribution in [0.5, 0.6) is 0 Å². The van der Waals surface area contributed by atoms with E-state index in [9.17, 15) is 4.79 Å². The van der Waals surface area contributed by atoms with Crippen molar-refractivity contribution in [2.75, 3.05) is 0 Å². The van der Waals surface area contributed by atoms with Crippen LogP contribution >= 0.6 is 0 Å². The van der Waals surface area contributed by atoms with Gasteiger partial charge < -0.3 is 10.5 Å². The van der Waals surface area contributed by atoms with Crippen LogP contribution in [-0.2, 0) is 9.53 Å². The number of rotatable bonds is 2. The fourth-order valence-corrected chi connectivity index (χ4v) is 2.74. The van der Waals surface area contributed by atoms with Crippen LogP contribution in [0.2, 0.25) is 0 Å². The molecule has 0 aromatic heterocycles. The predicted molar refractivity (Wildman–Crippen MR) is 49.0 cm³/mol. The summed E-state index contributed by atoms with van der Waals surface area (Å²) >= 11 is 0. The summed E-state index contributed by atoms with van der Waals surface area (Å²) in [7, 11) is 0. The summed E-state index contributed by atoms with van der Waals surface area (Å²) in [6, 6.07) is 0. The molecule has 0 radical (unpaired) electrons. The fraction of sp³-hybridized carbons (Fsp3) is 0.900. The average Bonchev–Trinajstić information content (AvgIpc) is 2.48. The van der Waals surface area contributed by atoms with Gasteiger partial charge in [0.05, 0.1) is 6.42 Å². The second kappa shape index (κ2) is 2.08. The zero-order valence-corrected chi connectivity index (χ0v) is 8.52. The lowest BCUT2D eigenvalue weighted by atomic mass is 9.79. The molecule has 3 nitrogen and oxygen atoms in total. The summed E-state index contributed by atoms with van der Waals surface area (Å²) in [6.07, 6.45) is 2.48. The molecule has 2 rings (SSSR count). The van der Waals surface area contributed by atoms with E-state index in [0.29, 0.717) is 6.42 Å². The van der Waals surface area contributed by atoms with Crippen LogP contribution in [0.3, 0.4) is 0 Å². The van der Waals surface area contributed by atoms with E-state index in [4.69, 9.17) is 10.5 Å².